The lowest BCUT2D eigenvalue weighted by atomic mass is 10.1. The summed E-state index contributed by atoms with van der Waals surface area (Å²) < 4.78 is 4.83. The molecule has 0 fully saturated rings. The highest BCUT2D eigenvalue weighted by atomic mass is 35.5. The lowest BCUT2D eigenvalue weighted by molar-refractivity contribution is -0.142. The normalized spacial score (nSPS) is 12.0. The number of amides is 1. The maximum absolute atomic E-state index is 13.0. The highest BCUT2D eigenvalue weighted by Crippen LogP contribution is 2.32. The number of methoxy groups -OCH3 is 1. The third kappa shape index (κ3) is 5.72. The van der Waals surface area contributed by atoms with Crippen LogP contribution in [0.4, 0.5) is 5.69 Å². The molecule has 1 rings (SSSR count). The van der Waals surface area contributed by atoms with Crippen LogP contribution < -0.4 is 4.90 Å². The number of halogens is 1. The quantitative estimate of drug-likeness (QED) is 0.585. The van der Waals surface area contributed by atoms with E-state index in [1.54, 1.807) is 26.0 Å². The van der Waals surface area contributed by atoms with E-state index in [-0.39, 0.29) is 22.7 Å². The van der Waals surface area contributed by atoms with Gasteiger partial charge in [-0.1, -0.05) is 43.3 Å². The summed E-state index contributed by atoms with van der Waals surface area (Å²) in [5.41, 5.74) is 2.11. The molecule has 1 amide bonds. The molecule has 7 heteroatoms. The van der Waals surface area contributed by atoms with Gasteiger partial charge in [0, 0.05) is 10.9 Å². The third-order valence-electron chi connectivity index (χ3n) is 4.66. The van der Waals surface area contributed by atoms with E-state index in [4.69, 9.17) is 16.3 Å². The summed E-state index contributed by atoms with van der Waals surface area (Å²) >= 11 is 7.25. The molecule has 0 bridgehead atoms. The Balaban J connectivity index is 3.21. The van der Waals surface area contributed by atoms with Gasteiger partial charge in [-0.25, -0.2) is 4.79 Å². The van der Waals surface area contributed by atoms with Gasteiger partial charge in [-0.3, -0.25) is 14.5 Å². The molecule has 0 saturated carbocycles. The molecule has 27 heavy (non-hydrogen) atoms. The second kappa shape index (κ2) is 10.7. The van der Waals surface area contributed by atoms with Crippen molar-refractivity contribution in [2.75, 3.05) is 17.8 Å². The number of hydrogen-bond donors (Lipinski definition) is 0. The molecule has 1 unspecified atom stereocenters. The van der Waals surface area contributed by atoms with Gasteiger partial charge in [-0.2, -0.15) is 0 Å². The minimum absolute atomic E-state index is 0.00133. The van der Waals surface area contributed by atoms with E-state index in [9.17, 15) is 14.4 Å². The number of aryl methyl sites for hydroxylation is 1. The molecule has 0 heterocycles. The Morgan fingerprint density at radius 2 is 1.78 bits per heavy atom. The van der Waals surface area contributed by atoms with Crippen molar-refractivity contribution in [3.8, 4) is 0 Å². The third-order valence-corrected chi connectivity index (χ3v) is 6.08. The van der Waals surface area contributed by atoms with E-state index in [0.717, 1.165) is 30.2 Å². The fourth-order valence-electron chi connectivity index (χ4n) is 2.93. The van der Waals surface area contributed by atoms with Crippen molar-refractivity contribution in [3.05, 3.63) is 28.3 Å². The molecule has 0 aromatic heterocycles. The van der Waals surface area contributed by atoms with Crippen molar-refractivity contribution in [1.29, 1.82) is 0 Å². The molecule has 150 valence electrons. The highest BCUT2D eigenvalue weighted by molar-refractivity contribution is 8.14. The first kappa shape index (κ1) is 23.5. The van der Waals surface area contributed by atoms with Crippen LogP contribution >= 0.6 is 23.4 Å². The Morgan fingerprint density at radius 3 is 2.30 bits per heavy atom. The number of rotatable bonds is 8. The zero-order chi connectivity index (χ0) is 20.7. The van der Waals surface area contributed by atoms with Crippen LogP contribution in [0.5, 0.6) is 0 Å². The molecular formula is C20H28ClNO4S. The molecule has 5 nitrogen and oxygen atoms in total. The monoisotopic (exact) mass is 413 g/mol. The Kier molecular flexibility index (Phi) is 9.33. The molecule has 0 saturated heterocycles. The zero-order valence-corrected chi connectivity index (χ0v) is 18.4. The van der Waals surface area contributed by atoms with Crippen molar-refractivity contribution < 1.29 is 19.1 Å². The van der Waals surface area contributed by atoms with Crippen molar-refractivity contribution in [2.45, 2.75) is 53.5 Å². The summed E-state index contributed by atoms with van der Waals surface area (Å²) in [4.78, 5) is 38.9. The molecule has 1 atom stereocenters. The first-order valence-corrected chi connectivity index (χ1v) is 10.4. The van der Waals surface area contributed by atoms with Gasteiger partial charge in [0.2, 0.25) is 5.91 Å². The van der Waals surface area contributed by atoms with Gasteiger partial charge in [-0.15, -0.1) is 0 Å². The van der Waals surface area contributed by atoms with Crippen molar-refractivity contribution in [2.24, 2.45) is 5.92 Å². The van der Waals surface area contributed by atoms with Gasteiger partial charge in [0.25, 0.3) is 0 Å². The lowest BCUT2D eigenvalue weighted by Crippen LogP contribution is -2.46. The number of hydrogen-bond acceptors (Lipinski definition) is 5. The van der Waals surface area contributed by atoms with Crippen molar-refractivity contribution in [3.63, 3.8) is 0 Å². The topological polar surface area (TPSA) is 63.7 Å². The predicted octanol–water partition coefficient (Wildman–Crippen LogP) is 4.55. The number of nitrogens with zero attached hydrogens (tertiary/aromatic N) is 1. The number of carbonyl (C=O) groups is 3. The summed E-state index contributed by atoms with van der Waals surface area (Å²) in [6, 6.07) is 2.73. The van der Waals surface area contributed by atoms with Crippen LogP contribution in [0, 0.1) is 19.8 Å². The minimum atomic E-state index is -0.831. The van der Waals surface area contributed by atoms with Gasteiger partial charge < -0.3 is 4.74 Å². The van der Waals surface area contributed by atoms with Crippen LogP contribution in [-0.2, 0) is 19.1 Å². The van der Waals surface area contributed by atoms with E-state index in [1.165, 1.54) is 12.0 Å². The van der Waals surface area contributed by atoms with Crippen LogP contribution in [0.15, 0.2) is 12.1 Å². The molecule has 0 N–H and O–H groups in total. The number of thioether (sulfide) groups is 1. The van der Waals surface area contributed by atoms with E-state index in [0.29, 0.717) is 16.3 Å². The van der Waals surface area contributed by atoms with E-state index in [1.807, 2.05) is 20.8 Å². The fourth-order valence-corrected chi connectivity index (χ4v) is 4.06. The lowest BCUT2D eigenvalue weighted by Gasteiger charge is -2.30. The number of anilines is 1. The molecule has 0 spiro atoms. The van der Waals surface area contributed by atoms with Crippen LogP contribution in [-0.4, -0.2) is 35.9 Å². The molecule has 0 aliphatic carbocycles. The standard InChI is InChI=1S/C20H28ClNO4S/c1-7-15(8-2)20(25)27-11-17(23)22(14(5)19(24)26-6)18-12(3)9-10-16(21)13(18)4/h9-10,14-15H,7-8,11H2,1-6H3. The van der Waals surface area contributed by atoms with Crippen LogP contribution in [0.2, 0.25) is 5.02 Å². The van der Waals surface area contributed by atoms with Gasteiger partial charge >= 0.3 is 5.97 Å². The van der Waals surface area contributed by atoms with Gasteiger partial charge in [0.15, 0.2) is 5.12 Å². The highest BCUT2D eigenvalue weighted by Gasteiger charge is 2.31. The molecule has 0 radical (unpaired) electrons. The van der Waals surface area contributed by atoms with E-state index in [2.05, 4.69) is 0 Å². The second-order valence-electron chi connectivity index (χ2n) is 6.42. The Bertz CT molecular complexity index is 703. The second-order valence-corrected chi connectivity index (χ2v) is 7.81. The van der Waals surface area contributed by atoms with Crippen LogP contribution in [0.1, 0.15) is 44.7 Å². The Hall–Kier alpha value is -1.53. The predicted molar refractivity (Wildman–Crippen MR) is 111 cm³/mol. The number of carbonyl (C=O) groups excluding carboxylic acids is 3. The largest absolute Gasteiger partial charge is 0.467 e. The SMILES string of the molecule is CCC(CC)C(=O)SCC(=O)N(c1c(C)ccc(Cl)c1C)C(C)C(=O)OC. The molecule has 0 aliphatic heterocycles. The smallest absolute Gasteiger partial charge is 0.328 e. The van der Waals surface area contributed by atoms with Crippen LogP contribution in [0.3, 0.4) is 0 Å². The van der Waals surface area contributed by atoms with Crippen molar-refractivity contribution >= 4 is 46.0 Å². The van der Waals surface area contributed by atoms with Gasteiger partial charge in [-0.05, 0) is 50.8 Å². The number of benzene rings is 1. The molecule has 1 aromatic rings. The summed E-state index contributed by atoms with van der Waals surface area (Å²) in [7, 11) is 1.28. The van der Waals surface area contributed by atoms with Gasteiger partial charge in [0.05, 0.1) is 18.6 Å². The fraction of sp³-hybridized carbons (Fsp3) is 0.550. The number of esters is 1. The summed E-state index contributed by atoms with van der Waals surface area (Å²) in [6.45, 7) is 9.18. The Labute approximate surface area is 170 Å². The first-order valence-electron chi connectivity index (χ1n) is 9.01. The summed E-state index contributed by atoms with van der Waals surface area (Å²) in [5, 5.41) is 0.504. The first-order chi connectivity index (χ1) is 12.7. The average Bonchev–Trinajstić information content (AvgIpc) is 2.66. The maximum atomic E-state index is 13.0. The van der Waals surface area contributed by atoms with Gasteiger partial charge in [0.1, 0.15) is 6.04 Å². The minimum Gasteiger partial charge on any atom is -0.467 e. The molecular weight excluding hydrogens is 386 g/mol. The Morgan fingerprint density at radius 1 is 1.19 bits per heavy atom. The zero-order valence-electron chi connectivity index (χ0n) is 16.8. The van der Waals surface area contributed by atoms with Crippen LogP contribution in [0.25, 0.3) is 0 Å². The number of ether oxygens (including phenoxy) is 1. The molecule has 0 aliphatic rings. The van der Waals surface area contributed by atoms with E-state index < -0.39 is 12.0 Å². The average molecular weight is 414 g/mol. The maximum Gasteiger partial charge on any atom is 0.328 e. The summed E-state index contributed by atoms with van der Waals surface area (Å²) in [6.07, 6.45) is 1.48. The van der Waals surface area contributed by atoms with Crippen molar-refractivity contribution in [1.82, 2.24) is 0 Å². The van der Waals surface area contributed by atoms with E-state index >= 15 is 0 Å². The molecule has 1 aromatic carbocycles. The summed E-state index contributed by atoms with van der Waals surface area (Å²) in [5.74, 6) is -0.963.